The Balaban J connectivity index is 2.16. The number of fused-ring (bicyclic) bond motifs is 3. The smallest absolute Gasteiger partial charge is 0.332 e. The number of thiophene rings is 1. The van der Waals surface area contributed by atoms with E-state index in [2.05, 4.69) is 0 Å². The van der Waals surface area contributed by atoms with Crippen molar-refractivity contribution in [3.63, 3.8) is 0 Å². The van der Waals surface area contributed by atoms with Crippen LogP contribution in [0.1, 0.15) is 9.67 Å². The van der Waals surface area contributed by atoms with Gasteiger partial charge in [0.2, 0.25) is 5.78 Å². The topological polar surface area (TPSA) is 46.6 Å². The molecule has 4 nitrogen and oxygen atoms in total. The quantitative estimate of drug-likeness (QED) is 0.459. The van der Waals surface area contributed by atoms with Crippen LogP contribution in [-0.4, -0.2) is 36.3 Å². The lowest BCUT2D eigenvalue weighted by Gasteiger charge is -2.27. The van der Waals surface area contributed by atoms with Gasteiger partial charge in [-0.3, -0.25) is 4.79 Å². The lowest BCUT2D eigenvalue weighted by atomic mass is 10.1. The van der Waals surface area contributed by atoms with Gasteiger partial charge in [0.25, 0.3) is 0 Å². The first kappa shape index (κ1) is 12.7. The Morgan fingerprint density at radius 1 is 1.37 bits per heavy atom. The minimum Gasteiger partial charge on any atom is -0.467 e. The first-order valence-electron chi connectivity index (χ1n) is 5.68. The number of ketones is 1. The fourth-order valence-electron chi connectivity index (χ4n) is 2.13. The SMILES string of the molecule is COC(=O)C1C(=O)c2sc3ccccc3c2SN1C. The summed E-state index contributed by atoms with van der Waals surface area (Å²) in [6, 6.07) is 7.03. The molecule has 0 spiro atoms. The number of carbonyl (C=O) groups is 2. The Morgan fingerprint density at radius 3 is 2.84 bits per heavy atom. The molecule has 2 heterocycles. The summed E-state index contributed by atoms with van der Waals surface area (Å²) >= 11 is 2.86. The van der Waals surface area contributed by atoms with Crippen LogP contribution >= 0.6 is 23.3 Å². The van der Waals surface area contributed by atoms with E-state index in [-0.39, 0.29) is 5.78 Å². The van der Waals surface area contributed by atoms with Gasteiger partial charge in [0.15, 0.2) is 6.04 Å². The Hall–Kier alpha value is -1.37. The number of carbonyl (C=O) groups excluding carboxylic acids is 2. The minimum absolute atomic E-state index is 0.177. The van der Waals surface area contributed by atoms with Crippen molar-refractivity contribution in [2.24, 2.45) is 0 Å². The number of ether oxygens (including phenoxy) is 1. The molecular formula is C13H11NO3S2. The normalized spacial score (nSPS) is 19.5. The number of likely N-dealkylation sites (N-methyl/N-ethyl adjacent to an activating group) is 1. The molecule has 0 saturated carbocycles. The average Bonchev–Trinajstić information content (AvgIpc) is 2.78. The fourth-order valence-corrected chi connectivity index (χ4v) is 4.53. The maximum atomic E-state index is 12.5. The van der Waals surface area contributed by atoms with Gasteiger partial charge in [-0.2, -0.15) is 0 Å². The van der Waals surface area contributed by atoms with E-state index in [1.54, 1.807) is 11.4 Å². The molecule has 6 heteroatoms. The van der Waals surface area contributed by atoms with E-state index >= 15 is 0 Å². The monoisotopic (exact) mass is 293 g/mol. The molecule has 0 bridgehead atoms. The molecule has 1 aromatic heterocycles. The van der Waals surface area contributed by atoms with Gasteiger partial charge < -0.3 is 4.74 Å². The molecule has 2 aromatic rings. The van der Waals surface area contributed by atoms with Crippen molar-refractivity contribution < 1.29 is 14.3 Å². The maximum absolute atomic E-state index is 12.5. The molecule has 1 aliphatic heterocycles. The third kappa shape index (κ3) is 1.87. The van der Waals surface area contributed by atoms with E-state index in [4.69, 9.17) is 4.74 Å². The second kappa shape index (κ2) is 4.63. The molecule has 1 atom stereocenters. The molecule has 1 aliphatic rings. The summed E-state index contributed by atoms with van der Waals surface area (Å²) in [6.07, 6.45) is 0. The van der Waals surface area contributed by atoms with E-state index in [9.17, 15) is 9.59 Å². The van der Waals surface area contributed by atoms with E-state index < -0.39 is 12.0 Å². The molecule has 19 heavy (non-hydrogen) atoms. The van der Waals surface area contributed by atoms with E-state index in [0.717, 1.165) is 15.0 Å². The van der Waals surface area contributed by atoms with E-state index in [0.29, 0.717) is 4.88 Å². The van der Waals surface area contributed by atoms with Crippen molar-refractivity contribution in [3.05, 3.63) is 29.1 Å². The summed E-state index contributed by atoms with van der Waals surface area (Å²) in [5.74, 6) is -0.688. The standard InChI is InChI=1S/C13H11NO3S2/c1-14-9(13(16)17-2)10(15)12-11(19-14)7-5-3-4-6-8(7)18-12/h3-6,9H,1-2H3. The average molecular weight is 293 g/mol. The molecule has 0 aliphatic carbocycles. The van der Waals surface area contributed by atoms with Crippen molar-refractivity contribution in [2.75, 3.05) is 14.2 Å². The molecule has 0 saturated heterocycles. The van der Waals surface area contributed by atoms with E-state index in [1.165, 1.54) is 30.4 Å². The number of benzene rings is 1. The predicted octanol–water partition coefficient (Wildman–Crippen LogP) is 2.58. The van der Waals surface area contributed by atoms with Crippen LogP contribution in [0, 0.1) is 0 Å². The number of methoxy groups -OCH3 is 1. The van der Waals surface area contributed by atoms with Crippen molar-refractivity contribution in [1.82, 2.24) is 4.31 Å². The van der Waals surface area contributed by atoms with Gasteiger partial charge in [-0.05, 0) is 25.1 Å². The number of rotatable bonds is 1. The minimum atomic E-state index is -0.851. The predicted molar refractivity (Wildman–Crippen MR) is 75.6 cm³/mol. The molecule has 0 N–H and O–H groups in total. The number of esters is 1. The van der Waals surface area contributed by atoms with Crippen LogP contribution < -0.4 is 0 Å². The van der Waals surface area contributed by atoms with Gasteiger partial charge >= 0.3 is 5.97 Å². The lowest BCUT2D eigenvalue weighted by molar-refractivity contribution is -0.143. The highest BCUT2D eigenvalue weighted by atomic mass is 32.2. The number of Topliss-reactive ketones (excluding diaryl/α,β-unsaturated/α-hetero) is 1. The van der Waals surface area contributed by atoms with Gasteiger partial charge in [-0.1, -0.05) is 18.2 Å². The van der Waals surface area contributed by atoms with Crippen LogP contribution in [0.15, 0.2) is 29.2 Å². The second-order valence-corrected chi connectivity index (χ2v) is 6.40. The zero-order valence-electron chi connectivity index (χ0n) is 10.4. The third-order valence-electron chi connectivity index (χ3n) is 3.05. The van der Waals surface area contributed by atoms with Gasteiger partial charge in [-0.15, -0.1) is 11.3 Å². The highest BCUT2D eigenvalue weighted by Crippen LogP contribution is 2.44. The number of hydrogen-bond donors (Lipinski definition) is 0. The second-order valence-electron chi connectivity index (χ2n) is 4.18. The maximum Gasteiger partial charge on any atom is 0.332 e. The number of nitrogens with zero attached hydrogens (tertiary/aromatic N) is 1. The lowest BCUT2D eigenvalue weighted by Crippen LogP contribution is -2.44. The summed E-state index contributed by atoms with van der Waals surface area (Å²) < 4.78 is 7.43. The van der Waals surface area contributed by atoms with Crippen LogP contribution in [0.25, 0.3) is 10.1 Å². The highest BCUT2D eigenvalue weighted by molar-refractivity contribution is 7.97. The molecule has 3 rings (SSSR count). The Labute approximate surface area is 118 Å². The van der Waals surface area contributed by atoms with Crippen LogP contribution in [-0.2, 0) is 9.53 Å². The van der Waals surface area contributed by atoms with Crippen LogP contribution in [0.4, 0.5) is 0 Å². The Bertz CT molecular complexity index is 680. The first-order valence-corrected chi connectivity index (χ1v) is 7.27. The summed E-state index contributed by atoms with van der Waals surface area (Å²) in [4.78, 5) is 25.8. The van der Waals surface area contributed by atoms with Gasteiger partial charge in [-0.25, -0.2) is 9.10 Å². The fraction of sp³-hybridized carbons (Fsp3) is 0.231. The molecule has 1 unspecified atom stereocenters. The van der Waals surface area contributed by atoms with Crippen molar-refractivity contribution >= 4 is 45.1 Å². The molecule has 1 aromatic carbocycles. The molecule has 0 amide bonds. The third-order valence-corrected chi connectivity index (χ3v) is 5.47. The zero-order chi connectivity index (χ0) is 13.6. The van der Waals surface area contributed by atoms with Crippen molar-refractivity contribution in [2.45, 2.75) is 10.9 Å². The van der Waals surface area contributed by atoms with Crippen molar-refractivity contribution in [3.8, 4) is 0 Å². The molecule has 98 valence electrons. The summed E-state index contributed by atoms with van der Waals surface area (Å²) in [5.41, 5.74) is 0. The highest BCUT2D eigenvalue weighted by Gasteiger charge is 2.40. The molecule has 0 radical (unpaired) electrons. The van der Waals surface area contributed by atoms with Crippen LogP contribution in [0.5, 0.6) is 0 Å². The van der Waals surface area contributed by atoms with Gasteiger partial charge in [0, 0.05) is 10.1 Å². The largest absolute Gasteiger partial charge is 0.467 e. The zero-order valence-corrected chi connectivity index (χ0v) is 12.0. The summed E-state index contributed by atoms with van der Waals surface area (Å²) in [7, 11) is 3.04. The Kier molecular flexibility index (Phi) is 3.08. The van der Waals surface area contributed by atoms with Gasteiger partial charge in [0.1, 0.15) is 0 Å². The van der Waals surface area contributed by atoms with Crippen molar-refractivity contribution in [1.29, 1.82) is 0 Å². The van der Waals surface area contributed by atoms with Crippen LogP contribution in [0.2, 0.25) is 0 Å². The van der Waals surface area contributed by atoms with Crippen LogP contribution in [0.3, 0.4) is 0 Å². The number of hydrogen-bond acceptors (Lipinski definition) is 6. The van der Waals surface area contributed by atoms with E-state index in [1.807, 2.05) is 24.3 Å². The Morgan fingerprint density at radius 2 is 2.11 bits per heavy atom. The first-order chi connectivity index (χ1) is 9.13. The summed E-state index contributed by atoms with van der Waals surface area (Å²) in [5, 5.41) is 1.07. The molecular weight excluding hydrogens is 282 g/mol. The summed E-state index contributed by atoms with van der Waals surface area (Å²) in [6.45, 7) is 0. The van der Waals surface area contributed by atoms with Gasteiger partial charge in [0.05, 0.1) is 16.9 Å². The molecule has 0 fully saturated rings.